The Hall–Kier alpha value is -7.80. The number of amides is 2. The minimum Gasteiger partial charge on any atom is -0.493 e. The third-order valence-corrected chi connectivity index (χ3v) is 10.9. The molecule has 0 bridgehead atoms. The highest BCUT2D eigenvalue weighted by molar-refractivity contribution is 6.07. The number of hydrogen-bond donors (Lipinski definition) is 3. The Kier molecular flexibility index (Phi) is 10.7. The first-order valence-electron chi connectivity index (χ1n) is 20.1. The van der Waals surface area contributed by atoms with Gasteiger partial charge in [-0.05, 0) is 97.3 Å². The van der Waals surface area contributed by atoms with Crippen molar-refractivity contribution in [2.75, 3.05) is 17.7 Å². The van der Waals surface area contributed by atoms with Crippen LogP contribution < -0.4 is 31.4 Å². The van der Waals surface area contributed by atoms with E-state index in [1.165, 1.54) is 9.13 Å². The number of ketones is 1. The van der Waals surface area contributed by atoms with Gasteiger partial charge in [0.2, 0.25) is 0 Å². The second kappa shape index (κ2) is 16.8. The molecule has 1 aliphatic rings. The van der Waals surface area contributed by atoms with E-state index in [1.54, 1.807) is 74.1 Å². The van der Waals surface area contributed by atoms with Crippen LogP contribution in [0.5, 0.6) is 11.5 Å². The molecule has 5 aromatic carbocycles. The first kappa shape index (κ1) is 38.7. The molecular weight excluding hydrogens is 771 g/mol. The summed E-state index contributed by atoms with van der Waals surface area (Å²) in [5.41, 5.74) is 4.61. The van der Waals surface area contributed by atoms with Crippen molar-refractivity contribution in [3.8, 4) is 28.4 Å². The van der Waals surface area contributed by atoms with Crippen LogP contribution in [0.1, 0.15) is 47.3 Å². The van der Waals surface area contributed by atoms with Gasteiger partial charge in [0.1, 0.15) is 11.2 Å². The lowest BCUT2D eigenvalue weighted by Gasteiger charge is -2.17. The van der Waals surface area contributed by atoms with E-state index in [4.69, 9.17) is 9.47 Å². The van der Waals surface area contributed by atoms with E-state index in [-0.39, 0.29) is 24.0 Å². The van der Waals surface area contributed by atoms with Crippen molar-refractivity contribution >= 4 is 45.1 Å². The lowest BCUT2D eigenvalue weighted by atomic mass is 10.0. The number of nitrogens with one attached hydrogen (secondary N) is 3. The molecule has 13 nitrogen and oxygen atoms in total. The second-order valence-corrected chi connectivity index (χ2v) is 15.0. The number of carbonyl (C=O) groups excluding carboxylic acids is 2. The summed E-state index contributed by atoms with van der Waals surface area (Å²) in [4.78, 5) is 66.3. The van der Waals surface area contributed by atoms with Crippen LogP contribution >= 0.6 is 0 Å². The highest BCUT2D eigenvalue weighted by Gasteiger charge is 2.21. The second-order valence-electron chi connectivity index (χ2n) is 15.0. The number of H-pyrrole nitrogens is 1. The molecule has 13 heteroatoms. The number of ether oxygens (including phenoxy) is 2. The van der Waals surface area contributed by atoms with Crippen molar-refractivity contribution < 1.29 is 19.1 Å². The number of methoxy groups -OCH3 is 1. The number of hydrogen-bond acceptors (Lipinski definition) is 8. The van der Waals surface area contributed by atoms with Crippen LogP contribution in [0.15, 0.2) is 143 Å². The van der Waals surface area contributed by atoms with Crippen LogP contribution in [0.25, 0.3) is 38.9 Å². The zero-order chi connectivity index (χ0) is 41.9. The summed E-state index contributed by atoms with van der Waals surface area (Å²) >= 11 is 0. The number of aromatic amines is 1. The number of fused-ring (bicyclic) bond motifs is 2. The maximum atomic E-state index is 14.0. The largest absolute Gasteiger partial charge is 0.493 e. The molecular formula is C48H41N7O6. The molecule has 304 valence electrons. The van der Waals surface area contributed by atoms with E-state index in [9.17, 15) is 19.2 Å². The summed E-state index contributed by atoms with van der Waals surface area (Å²) in [6.45, 7) is -0.210. The van der Waals surface area contributed by atoms with Crippen molar-refractivity contribution in [1.29, 1.82) is 0 Å². The molecule has 3 heterocycles. The van der Waals surface area contributed by atoms with Crippen molar-refractivity contribution in [3.05, 3.63) is 171 Å². The fourth-order valence-electron chi connectivity index (χ4n) is 7.91. The van der Waals surface area contributed by atoms with Crippen LogP contribution in [0, 0.1) is 0 Å². The number of carbonyl (C=O) groups is 2. The minimum atomic E-state index is -0.509. The summed E-state index contributed by atoms with van der Waals surface area (Å²) in [6.07, 6.45) is 7.72. The molecule has 0 atom stereocenters. The van der Waals surface area contributed by atoms with Gasteiger partial charge in [-0.25, -0.2) is 19.6 Å². The van der Waals surface area contributed by atoms with Crippen LogP contribution in [0.4, 0.5) is 16.2 Å². The molecule has 0 unspecified atom stereocenters. The standard InChI is InChI=1S/C48H41N7O6/c1-60-43-22-21-33(26-44(43)61-36-15-5-6-16-36)42(56)29-54-41(28-50-48(54)59)32-20-19-31-12-7-17-38(37(31)25-32)53-47(58)51-34-13-8-14-35(27-34)55-45-39(18-9-23-49-45)52-40(46(55)57)24-30-10-3-2-4-11-30/h2-4,7-14,17-23,25-28,36H,5-6,15-16,24,29H2,1H3,(H,50,59)(H2,51,53,58). The van der Waals surface area contributed by atoms with Crippen LogP contribution in [0.3, 0.4) is 0 Å². The Morgan fingerprint density at radius 1 is 0.836 bits per heavy atom. The van der Waals surface area contributed by atoms with Gasteiger partial charge in [0.15, 0.2) is 22.9 Å². The fraction of sp³-hybridized carbons (Fsp3) is 0.167. The van der Waals surface area contributed by atoms with Gasteiger partial charge in [-0.1, -0.05) is 60.7 Å². The number of urea groups is 1. The average molecular weight is 812 g/mol. The predicted molar refractivity (Wildman–Crippen MR) is 235 cm³/mol. The van der Waals surface area contributed by atoms with Crippen LogP contribution in [-0.2, 0) is 13.0 Å². The van der Waals surface area contributed by atoms with Gasteiger partial charge in [0, 0.05) is 41.0 Å². The van der Waals surface area contributed by atoms with E-state index in [0.29, 0.717) is 74.0 Å². The van der Waals surface area contributed by atoms with E-state index in [0.717, 1.165) is 36.6 Å². The number of aromatic nitrogens is 5. The van der Waals surface area contributed by atoms with Gasteiger partial charge >= 0.3 is 11.7 Å². The van der Waals surface area contributed by atoms with Crippen LogP contribution in [0.2, 0.25) is 0 Å². The molecule has 0 saturated heterocycles. The summed E-state index contributed by atoms with van der Waals surface area (Å²) in [7, 11) is 1.57. The molecule has 2 amide bonds. The van der Waals surface area contributed by atoms with E-state index >= 15 is 0 Å². The normalized spacial score (nSPS) is 12.7. The quantitative estimate of drug-likeness (QED) is 0.103. The molecule has 3 N–H and O–H groups in total. The summed E-state index contributed by atoms with van der Waals surface area (Å²) in [5, 5.41) is 7.44. The Labute approximate surface area is 349 Å². The fourth-order valence-corrected chi connectivity index (χ4v) is 7.91. The first-order valence-corrected chi connectivity index (χ1v) is 20.1. The minimum absolute atomic E-state index is 0.0748. The highest BCUT2D eigenvalue weighted by atomic mass is 16.5. The molecule has 0 spiro atoms. The third kappa shape index (κ3) is 8.13. The van der Waals surface area contributed by atoms with E-state index < -0.39 is 11.7 Å². The SMILES string of the molecule is COc1ccc(C(=O)Cn2c(-c3ccc4cccc(NC(=O)Nc5cccc(-n6c(=O)c(Cc7ccccc7)nc7cccnc76)c5)c4c3)c[nH]c2=O)cc1OC1CCCC1. The average Bonchev–Trinajstić information content (AvgIpc) is 3.93. The number of anilines is 2. The molecule has 8 aromatic rings. The molecule has 1 aliphatic carbocycles. The van der Waals surface area contributed by atoms with Gasteiger partial charge in [0.05, 0.1) is 36.8 Å². The third-order valence-electron chi connectivity index (χ3n) is 10.9. The zero-order valence-electron chi connectivity index (χ0n) is 33.3. The van der Waals surface area contributed by atoms with Gasteiger partial charge < -0.3 is 25.1 Å². The van der Waals surface area contributed by atoms with E-state index in [1.807, 2.05) is 66.7 Å². The Morgan fingerprint density at radius 2 is 1.67 bits per heavy atom. The number of benzene rings is 5. The molecule has 1 fully saturated rings. The highest BCUT2D eigenvalue weighted by Crippen LogP contribution is 2.34. The summed E-state index contributed by atoms with van der Waals surface area (Å²) in [5.74, 6) is 0.792. The van der Waals surface area contributed by atoms with Crippen molar-refractivity contribution in [2.24, 2.45) is 0 Å². The Morgan fingerprint density at radius 3 is 2.51 bits per heavy atom. The Bertz CT molecular complexity index is 3060. The number of Topliss-reactive ketones (excluding diaryl/α,β-unsaturated/α-hetero) is 1. The van der Waals surface area contributed by atoms with Crippen molar-refractivity contribution in [3.63, 3.8) is 0 Å². The summed E-state index contributed by atoms with van der Waals surface area (Å²) in [6, 6.07) is 36.0. The number of rotatable bonds is 12. The maximum absolute atomic E-state index is 14.0. The van der Waals surface area contributed by atoms with Gasteiger partial charge in [-0.3, -0.25) is 18.7 Å². The maximum Gasteiger partial charge on any atom is 0.326 e. The Balaban J connectivity index is 0.957. The topological polar surface area (TPSA) is 162 Å². The lowest BCUT2D eigenvalue weighted by Crippen LogP contribution is -2.25. The monoisotopic (exact) mass is 811 g/mol. The van der Waals surface area contributed by atoms with Gasteiger partial charge in [-0.2, -0.15) is 0 Å². The number of nitrogens with zero attached hydrogens (tertiary/aromatic N) is 4. The van der Waals surface area contributed by atoms with Gasteiger partial charge in [-0.15, -0.1) is 0 Å². The molecule has 0 radical (unpaired) electrons. The molecule has 9 rings (SSSR count). The lowest BCUT2D eigenvalue weighted by molar-refractivity contribution is 0.0970. The zero-order valence-corrected chi connectivity index (χ0v) is 33.3. The smallest absolute Gasteiger partial charge is 0.326 e. The molecule has 0 aliphatic heterocycles. The number of pyridine rings is 1. The van der Waals surface area contributed by atoms with Crippen molar-refractivity contribution in [1.82, 2.24) is 24.1 Å². The first-order chi connectivity index (χ1) is 29.8. The molecule has 1 saturated carbocycles. The van der Waals surface area contributed by atoms with E-state index in [2.05, 4.69) is 25.6 Å². The van der Waals surface area contributed by atoms with Crippen LogP contribution in [-0.4, -0.2) is 49.1 Å². The summed E-state index contributed by atoms with van der Waals surface area (Å²) < 4.78 is 14.6. The van der Waals surface area contributed by atoms with Gasteiger partial charge in [0.25, 0.3) is 5.56 Å². The molecule has 3 aromatic heterocycles. The predicted octanol–water partition coefficient (Wildman–Crippen LogP) is 8.54. The van der Waals surface area contributed by atoms with Crippen molar-refractivity contribution in [2.45, 2.75) is 44.8 Å². The molecule has 61 heavy (non-hydrogen) atoms. The number of imidazole rings is 1.